The molecule has 2 aliphatic carbocycles. The summed E-state index contributed by atoms with van der Waals surface area (Å²) in [6.07, 6.45) is 18.6. The lowest BCUT2D eigenvalue weighted by Crippen LogP contribution is -2.48. The molecule has 2 aliphatic rings. The summed E-state index contributed by atoms with van der Waals surface area (Å²) in [5, 5.41) is 13.9. The summed E-state index contributed by atoms with van der Waals surface area (Å²) < 4.78 is 0. The molecular weight excluding hydrogens is 234 g/mol. The Hall–Kier alpha value is -0.0800. The highest BCUT2D eigenvalue weighted by atomic mass is 16.3. The van der Waals surface area contributed by atoms with Crippen LogP contribution in [0.3, 0.4) is 0 Å². The fraction of sp³-hybridized carbons (Fsp3) is 1.00. The number of nitrogens with one attached hydrogen (secondary N) is 1. The molecule has 2 N–H and O–H groups in total. The molecule has 0 amide bonds. The van der Waals surface area contributed by atoms with Gasteiger partial charge in [-0.05, 0) is 32.1 Å². The second-order valence-electron chi connectivity index (χ2n) is 6.92. The lowest BCUT2D eigenvalue weighted by molar-refractivity contribution is -0.0336. The Balaban J connectivity index is 1.68. The van der Waals surface area contributed by atoms with Crippen molar-refractivity contribution < 1.29 is 5.11 Å². The summed E-state index contributed by atoms with van der Waals surface area (Å²) in [6, 6.07) is 0.657. The lowest BCUT2D eigenvalue weighted by Gasteiger charge is -2.38. The molecule has 0 bridgehead atoms. The summed E-state index contributed by atoms with van der Waals surface area (Å²) in [7, 11) is 0. The zero-order valence-electron chi connectivity index (χ0n) is 12.6. The molecule has 2 nitrogen and oxygen atoms in total. The van der Waals surface area contributed by atoms with Crippen LogP contribution in [0.4, 0.5) is 0 Å². The molecule has 0 aromatic heterocycles. The van der Waals surface area contributed by atoms with Crippen LogP contribution in [-0.4, -0.2) is 23.3 Å². The van der Waals surface area contributed by atoms with Crippen molar-refractivity contribution in [2.45, 2.75) is 102 Å². The fourth-order valence-corrected chi connectivity index (χ4v) is 3.46. The molecule has 2 saturated carbocycles. The molecule has 0 atom stereocenters. The SMILES string of the molecule is OC1(CNC2CCCCCCCCCCC2)CCC1. The number of rotatable bonds is 3. The van der Waals surface area contributed by atoms with Gasteiger partial charge in [0.1, 0.15) is 0 Å². The second-order valence-corrected chi connectivity index (χ2v) is 6.92. The van der Waals surface area contributed by atoms with Crippen molar-refractivity contribution in [3.05, 3.63) is 0 Å². The summed E-state index contributed by atoms with van der Waals surface area (Å²) in [5.74, 6) is 0. The Morgan fingerprint density at radius 1 is 0.737 bits per heavy atom. The summed E-state index contributed by atoms with van der Waals surface area (Å²) in [6.45, 7) is 0.831. The summed E-state index contributed by atoms with van der Waals surface area (Å²) in [5.41, 5.74) is -0.357. The number of hydrogen-bond acceptors (Lipinski definition) is 2. The molecule has 0 saturated heterocycles. The van der Waals surface area contributed by atoms with Crippen LogP contribution < -0.4 is 5.32 Å². The van der Waals surface area contributed by atoms with E-state index in [4.69, 9.17) is 0 Å². The molecule has 19 heavy (non-hydrogen) atoms. The highest BCUT2D eigenvalue weighted by Crippen LogP contribution is 2.31. The smallest absolute Gasteiger partial charge is 0.0771 e. The van der Waals surface area contributed by atoms with E-state index in [1.165, 1.54) is 77.0 Å². The third kappa shape index (κ3) is 5.83. The molecule has 0 radical (unpaired) electrons. The Morgan fingerprint density at radius 3 is 1.63 bits per heavy atom. The minimum Gasteiger partial charge on any atom is -0.389 e. The van der Waals surface area contributed by atoms with Gasteiger partial charge in [-0.1, -0.05) is 57.8 Å². The minimum atomic E-state index is -0.357. The van der Waals surface area contributed by atoms with Gasteiger partial charge in [0, 0.05) is 12.6 Å². The van der Waals surface area contributed by atoms with Crippen LogP contribution in [-0.2, 0) is 0 Å². The Kier molecular flexibility index (Phi) is 6.66. The van der Waals surface area contributed by atoms with Crippen molar-refractivity contribution in [1.82, 2.24) is 5.32 Å². The third-order valence-corrected chi connectivity index (χ3v) is 5.11. The lowest BCUT2D eigenvalue weighted by atomic mass is 9.80. The monoisotopic (exact) mass is 267 g/mol. The van der Waals surface area contributed by atoms with Gasteiger partial charge < -0.3 is 10.4 Å². The first kappa shape index (κ1) is 15.3. The van der Waals surface area contributed by atoms with Gasteiger partial charge in [0.25, 0.3) is 0 Å². The van der Waals surface area contributed by atoms with Crippen LogP contribution in [0.25, 0.3) is 0 Å². The zero-order valence-corrected chi connectivity index (χ0v) is 12.6. The van der Waals surface area contributed by atoms with Gasteiger partial charge in [-0.2, -0.15) is 0 Å². The Morgan fingerprint density at radius 2 is 1.21 bits per heavy atom. The summed E-state index contributed by atoms with van der Waals surface area (Å²) in [4.78, 5) is 0. The predicted molar refractivity (Wildman–Crippen MR) is 81.4 cm³/mol. The van der Waals surface area contributed by atoms with Gasteiger partial charge in [-0.3, -0.25) is 0 Å². The Labute approximate surface area is 119 Å². The van der Waals surface area contributed by atoms with E-state index in [0.29, 0.717) is 6.04 Å². The van der Waals surface area contributed by atoms with E-state index >= 15 is 0 Å². The standard InChI is InChI=1S/C17H33NO/c19-17(13-10-14-17)15-18-16-11-8-6-4-2-1-3-5-7-9-12-16/h16,18-19H,1-15H2. The maximum Gasteiger partial charge on any atom is 0.0771 e. The normalized spacial score (nSPS) is 27.0. The van der Waals surface area contributed by atoms with E-state index in [1.54, 1.807) is 0 Å². The maximum absolute atomic E-state index is 10.2. The van der Waals surface area contributed by atoms with Gasteiger partial charge in [-0.15, -0.1) is 0 Å². The molecule has 0 unspecified atom stereocenters. The van der Waals surface area contributed by atoms with E-state index in [9.17, 15) is 5.11 Å². The maximum atomic E-state index is 10.2. The zero-order chi connectivity index (χ0) is 13.4. The molecule has 112 valence electrons. The molecule has 0 aliphatic heterocycles. The number of hydrogen-bond donors (Lipinski definition) is 2. The second kappa shape index (κ2) is 8.26. The van der Waals surface area contributed by atoms with Crippen molar-refractivity contribution in [2.75, 3.05) is 6.54 Å². The van der Waals surface area contributed by atoms with E-state index < -0.39 is 0 Å². The molecule has 0 spiro atoms. The topological polar surface area (TPSA) is 32.3 Å². The van der Waals surface area contributed by atoms with E-state index in [0.717, 1.165) is 19.4 Å². The average molecular weight is 267 g/mol. The van der Waals surface area contributed by atoms with Crippen molar-refractivity contribution in [3.63, 3.8) is 0 Å². The van der Waals surface area contributed by atoms with Gasteiger partial charge in [0.2, 0.25) is 0 Å². The number of aliphatic hydroxyl groups is 1. The third-order valence-electron chi connectivity index (χ3n) is 5.11. The molecule has 2 fully saturated rings. The van der Waals surface area contributed by atoms with Crippen molar-refractivity contribution in [3.8, 4) is 0 Å². The average Bonchev–Trinajstić information content (AvgIpc) is 2.36. The van der Waals surface area contributed by atoms with Gasteiger partial charge in [0.05, 0.1) is 5.60 Å². The summed E-state index contributed by atoms with van der Waals surface area (Å²) >= 11 is 0. The van der Waals surface area contributed by atoms with E-state index in [-0.39, 0.29) is 5.60 Å². The van der Waals surface area contributed by atoms with Crippen LogP contribution in [0.15, 0.2) is 0 Å². The largest absolute Gasteiger partial charge is 0.389 e. The Bertz CT molecular complexity index is 225. The first-order valence-corrected chi connectivity index (χ1v) is 8.74. The van der Waals surface area contributed by atoms with Crippen LogP contribution in [0.2, 0.25) is 0 Å². The van der Waals surface area contributed by atoms with Crippen LogP contribution in [0.5, 0.6) is 0 Å². The highest BCUT2D eigenvalue weighted by molar-refractivity contribution is 4.90. The molecule has 0 aromatic rings. The van der Waals surface area contributed by atoms with Crippen molar-refractivity contribution in [1.29, 1.82) is 0 Å². The fourth-order valence-electron chi connectivity index (χ4n) is 3.46. The predicted octanol–water partition coefficient (Wildman–Crippen LogP) is 4.16. The molecule has 0 aromatic carbocycles. The highest BCUT2D eigenvalue weighted by Gasteiger charge is 2.34. The van der Waals surface area contributed by atoms with Crippen LogP contribution in [0.1, 0.15) is 89.9 Å². The quantitative estimate of drug-likeness (QED) is 0.804. The van der Waals surface area contributed by atoms with Crippen molar-refractivity contribution >= 4 is 0 Å². The minimum absolute atomic E-state index is 0.357. The first-order valence-electron chi connectivity index (χ1n) is 8.74. The van der Waals surface area contributed by atoms with Gasteiger partial charge >= 0.3 is 0 Å². The van der Waals surface area contributed by atoms with Gasteiger partial charge in [0.15, 0.2) is 0 Å². The van der Waals surface area contributed by atoms with Gasteiger partial charge in [-0.25, -0.2) is 0 Å². The molecule has 2 rings (SSSR count). The molecular formula is C17H33NO. The van der Waals surface area contributed by atoms with Crippen molar-refractivity contribution in [2.24, 2.45) is 0 Å². The van der Waals surface area contributed by atoms with Crippen LogP contribution >= 0.6 is 0 Å². The van der Waals surface area contributed by atoms with E-state index in [2.05, 4.69) is 5.32 Å². The molecule has 0 heterocycles. The molecule has 2 heteroatoms. The van der Waals surface area contributed by atoms with Crippen LogP contribution in [0, 0.1) is 0 Å². The van der Waals surface area contributed by atoms with E-state index in [1.807, 2.05) is 0 Å². The first-order chi connectivity index (χ1) is 9.29.